The molecule has 4 N–H and O–H groups in total. The summed E-state index contributed by atoms with van der Waals surface area (Å²) in [6.45, 7) is 4.23. The zero-order chi connectivity index (χ0) is 51.4. The summed E-state index contributed by atoms with van der Waals surface area (Å²) < 4.78 is 0. The van der Waals surface area contributed by atoms with Gasteiger partial charge in [-0.1, -0.05) is 346 Å². The Morgan fingerprint density at radius 1 is 0.338 bits per heavy atom. The standard InChI is InChI=1S/C66H129NO4/c1-3-5-7-9-11-13-15-17-19-21-23-25-27-29-30-31-32-33-34-35-37-39-41-43-45-47-49-51-53-55-57-59-61-65(70)66(71)67-63(62-68)64(69)60-58-56-54-52-50-48-46-44-42-40-38-36-28-26-24-22-20-18-16-14-12-10-8-6-4-2/h29-30,58,60,63-65,68-70H,3-28,31-57,59,61-62H2,1-2H3,(H,67,71)/b30-29-,60-58+. The predicted molar refractivity (Wildman–Crippen MR) is 315 cm³/mol. The van der Waals surface area contributed by atoms with Gasteiger partial charge in [-0.25, -0.2) is 0 Å². The number of hydrogen-bond acceptors (Lipinski definition) is 4. The van der Waals surface area contributed by atoms with E-state index in [9.17, 15) is 20.1 Å². The molecule has 0 heterocycles. The third kappa shape index (κ3) is 56.4. The smallest absolute Gasteiger partial charge is 0.249 e. The topological polar surface area (TPSA) is 89.8 Å². The Hall–Kier alpha value is -1.17. The van der Waals surface area contributed by atoms with Crippen LogP contribution in [0.1, 0.15) is 367 Å². The van der Waals surface area contributed by atoms with Gasteiger partial charge in [0.2, 0.25) is 5.91 Å². The Bertz CT molecular complexity index is 1060. The van der Waals surface area contributed by atoms with Crippen LogP contribution < -0.4 is 5.32 Å². The van der Waals surface area contributed by atoms with Gasteiger partial charge in [0.05, 0.1) is 18.8 Å². The quantitative estimate of drug-likeness (QED) is 0.0361. The third-order valence-electron chi connectivity index (χ3n) is 15.5. The van der Waals surface area contributed by atoms with E-state index in [1.54, 1.807) is 6.08 Å². The molecule has 71 heavy (non-hydrogen) atoms. The van der Waals surface area contributed by atoms with Crippen molar-refractivity contribution < 1.29 is 20.1 Å². The van der Waals surface area contributed by atoms with Gasteiger partial charge in [-0.15, -0.1) is 0 Å². The summed E-state index contributed by atoms with van der Waals surface area (Å²) in [6.07, 6.45) is 80.1. The molecule has 0 aliphatic heterocycles. The van der Waals surface area contributed by atoms with E-state index in [1.807, 2.05) is 6.08 Å². The lowest BCUT2D eigenvalue weighted by atomic mass is 10.0. The van der Waals surface area contributed by atoms with Gasteiger partial charge in [-0.3, -0.25) is 4.79 Å². The van der Waals surface area contributed by atoms with Crippen molar-refractivity contribution >= 4 is 5.91 Å². The number of nitrogens with one attached hydrogen (secondary N) is 1. The van der Waals surface area contributed by atoms with Gasteiger partial charge >= 0.3 is 0 Å². The van der Waals surface area contributed by atoms with E-state index in [2.05, 4.69) is 31.3 Å². The molecule has 0 fully saturated rings. The van der Waals surface area contributed by atoms with Gasteiger partial charge in [-0.05, 0) is 44.9 Å². The van der Waals surface area contributed by atoms with Crippen LogP contribution in [0.5, 0.6) is 0 Å². The highest BCUT2D eigenvalue weighted by molar-refractivity contribution is 5.80. The van der Waals surface area contributed by atoms with Crippen LogP contribution in [0.2, 0.25) is 0 Å². The molecule has 3 atom stereocenters. The van der Waals surface area contributed by atoms with Crippen molar-refractivity contribution in [3.8, 4) is 0 Å². The summed E-state index contributed by atoms with van der Waals surface area (Å²) in [7, 11) is 0. The van der Waals surface area contributed by atoms with Gasteiger partial charge in [0.25, 0.3) is 0 Å². The summed E-state index contributed by atoms with van der Waals surface area (Å²) in [5, 5.41) is 33.5. The first kappa shape index (κ1) is 69.8. The van der Waals surface area contributed by atoms with Crippen LogP contribution in [0.3, 0.4) is 0 Å². The average molecular weight is 1000 g/mol. The van der Waals surface area contributed by atoms with E-state index in [-0.39, 0.29) is 6.61 Å². The summed E-state index contributed by atoms with van der Waals surface area (Å²) in [5.41, 5.74) is 0. The lowest BCUT2D eigenvalue weighted by Gasteiger charge is -2.21. The number of aliphatic hydroxyl groups excluding tert-OH is 3. The van der Waals surface area contributed by atoms with Crippen molar-refractivity contribution in [2.45, 2.75) is 385 Å². The van der Waals surface area contributed by atoms with Crippen LogP contribution in [0, 0.1) is 0 Å². The van der Waals surface area contributed by atoms with Gasteiger partial charge in [0.1, 0.15) is 6.10 Å². The molecule has 1 amide bonds. The second kappa shape index (κ2) is 61.4. The number of allylic oxidation sites excluding steroid dienone is 3. The fourth-order valence-electron chi connectivity index (χ4n) is 10.5. The van der Waals surface area contributed by atoms with Gasteiger partial charge in [-0.2, -0.15) is 0 Å². The average Bonchev–Trinajstić information content (AvgIpc) is 3.38. The maximum atomic E-state index is 12.6. The first-order chi connectivity index (χ1) is 35.1. The Morgan fingerprint density at radius 3 is 0.817 bits per heavy atom. The van der Waals surface area contributed by atoms with Crippen molar-refractivity contribution in [3.63, 3.8) is 0 Å². The van der Waals surface area contributed by atoms with Crippen molar-refractivity contribution in [3.05, 3.63) is 24.3 Å². The van der Waals surface area contributed by atoms with Crippen LogP contribution in [0.4, 0.5) is 0 Å². The van der Waals surface area contributed by atoms with E-state index in [0.717, 1.165) is 32.1 Å². The molecule has 0 saturated heterocycles. The highest BCUT2D eigenvalue weighted by Gasteiger charge is 2.22. The number of carbonyl (C=O) groups is 1. The van der Waals surface area contributed by atoms with E-state index >= 15 is 0 Å². The summed E-state index contributed by atoms with van der Waals surface area (Å²) >= 11 is 0. The molecule has 0 saturated carbocycles. The largest absolute Gasteiger partial charge is 0.394 e. The highest BCUT2D eigenvalue weighted by Crippen LogP contribution is 2.19. The van der Waals surface area contributed by atoms with E-state index < -0.39 is 24.2 Å². The second-order valence-electron chi connectivity index (χ2n) is 22.7. The molecule has 0 aromatic rings. The van der Waals surface area contributed by atoms with Gasteiger partial charge < -0.3 is 20.6 Å². The minimum Gasteiger partial charge on any atom is -0.394 e. The van der Waals surface area contributed by atoms with Crippen molar-refractivity contribution in [1.82, 2.24) is 5.32 Å². The minimum absolute atomic E-state index is 0.360. The first-order valence-electron chi connectivity index (χ1n) is 32.7. The van der Waals surface area contributed by atoms with E-state index in [0.29, 0.717) is 6.42 Å². The normalized spacial score (nSPS) is 13.3. The van der Waals surface area contributed by atoms with Crippen LogP contribution in [0.15, 0.2) is 24.3 Å². The lowest BCUT2D eigenvalue weighted by Crippen LogP contribution is -2.48. The fraction of sp³-hybridized carbons (Fsp3) is 0.924. The molecule has 5 heteroatoms. The highest BCUT2D eigenvalue weighted by atomic mass is 16.3. The zero-order valence-corrected chi connectivity index (χ0v) is 48.4. The molecule has 422 valence electrons. The Balaban J connectivity index is 3.50. The molecule has 0 aliphatic carbocycles. The van der Waals surface area contributed by atoms with E-state index in [1.165, 1.54) is 315 Å². The molecule has 3 unspecified atom stereocenters. The van der Waals surface area contributed by atoms with Crippen molar-refractivity contribution in [2.24, 2.45) is 0 Å². The summed E-state index contributed by atoms with van der Waals surface area (Å²) in [4.78, 5) is 12.6. The van der Waals surface area contributed by atoms with Crippen LogP contribution in [0.25, 0.3) is 0 Å². The van der Waals surface area contributed by atoms with Crippen molar-refractivity contribution in [1.29, 1.82) is 0 Å². The van der Waals surface area contributed by atoms with Gasteiger partial charge in [0.15, 0.2) is 0 Å². The molecule has 5 nitrogen and oxygen atoms in total. The molecule has 0 aromatic heterocycles. The number of amides is 1. The van der Waals surface area contributed by atoms with E-state index in [4.69, 9.17) is 0 Å². The second-order valence-corrected chi connectivity index (χ2v) is 22.7. The fourth-order valence-corrected chi connectivity index (χ4v) is 10.5. The third-order valence-corrected chi connectivity index (χ3v) is 15.5. The summed E-state index contributed by atoms with van der Waals surface area (Å²) in [5.74, 6) is -0.496. The molecule has 0 bridgehead atoms. The molecular weight excluding hydrogens is 871 g/mol. The van der Waals surface area contributed by atoms with Crippen LogP contribution in [-0.4, -0.2) is 46.1 Å². The molecule has 0 radical (unpaired) electrons. The first-order valence-corrected chi connectivity index (χ1v) is 32.7. The number of unbranched alkanes of at least 4 members (excludes halogenated alkanes) is 51. The molecule has 0 rings (SSSR count). The molecule has 0 aromatic carbocycles. The monoisotopic (exact) mass is 1000 g/mol. The summed E-state index contributed by atoms with van der Waals surface area (Å²) in [6, 6.07) is -0.797. The van der Waals surface area contributed by atoms with Crippen molar-refractivity contribution in [2.75, 3.05) is 6.61 Å². The van der Waals surface area contributed by atoms with Gasteiger partial charge in [0, 0.05) is 0 Å². The SMILES string of the molecule is CCCCCCCCCCCCCC/C=C\CCCCCCCCCCCCCCCCCCC(O)C(=O)NC(CO)C(O)/C=C/CCCCCCCCCCCCCCCCCCCCCCCCC. The maximum absolute atomic E-state index is 12.6. The van der Waals surface area contributed by atoms with Crippen LogP contribution >= 0.6 is 0 Å². The lowest BCUT2D eigenvalue weighted by molar-refractivity contribution is -0.131. The molecule has 0 aliphatic rings. The number of aliphatic hydroxyl groups is 3. The number of hydrogen-bond donors (Lipinski definition) is 4. The Kier molecular flexibility index (Phi) is 60.4. The predicted octanol–water partition coefficient (Wildman–Crippen LogP) is 20.8. The minimum atomic E-state index is -1.10. The Labute approximate surface area is 445 Å². The Morgan fingerprint density at radius 2 is 0.563 bits per heavy atom. The number of carbonyl (C=O) groups excluding carboxylic acids is 1. The maximum Gasteiger partial charge on any atom is 0.249 e. The molecule has 0 spiro atoms. The number of rotatable bonds is 61. The zero-order valence-electron chi connectivity index (χ0n) is 48.4. The van der Waals surface area contributed by atoms with Crippen LogP contribution in [-0.2, 0) is 4.79 Å². The molecular formula is C66H129NO4.